The van der Waals surface area contributed by atoms with Gasteiger partial charge in [-0.1, -0.05) is 23.4 Å². The Morgan fingerprint density at radius 1 is 1.25 bits per heavy atom. The summed E-state index contributed by atoms with van der Waals surface area (Å²) in [4.78, 5) is 63.8. The summed E-state index contributed by atoms with van der Waals surface area (Å²) in [6.07, 6.45) is 2.21. The molecule has 0 saturated heterocycles. The number of nitrogens with zero attached hydrogens (tertiary/aromatic N) is 3. The number of hydrogen-bond donors (Lipinski definition) is 5. The lowest BCUT2D eigenvalue weighted by Crippen LogP contribution is -2.57. The van der Waals surface area contributed by atoms with E-state index in [2.05, 4.69) is 31.4 Å². The predicted octanol–water partition coefficient (Wildman–Crippen LogP) is -0.821. The van der Waals surface area contributed by atoms with Crippen molar-refractivity contribution in [1.29, 1.82) is 0 Å². The first-order valence-electron chi connectivity index (χ1n) is 11.6. The molecule has 190 valence electrons. The lowest BCUT2D eigenvalue weighted by molar-refractivity contribution is -0.138. The fraction of sp³-hybridized carbons (Fsp3) is 0.435. The van der Waals surface area contributed by atoms with Gasteiger partial charge < -0.3 is 21.1 Å². The SMILES string of the molecule is CC(=O)N[C@@H](CCC(=O)O)C(=O)N[C@H]1CCc2cccc3c2N(C1=O)[C@H](C(=O)NCc1c[nH]nn1)C3. The van der Waals surface area contributed by atoms with Crippen molar-refractivity contribution in [3.8, 4) is 0 Å². The van der Waals surface area contributed by atoms with Crippen molar-refractivity contribution < 1.29 is 29.1 Å². The molecule has 0 saturated carbocycles. The number of carbonyl (C=O) groups is 5. The van der Waals surface area contributed by atoms with Crippen LogP contribution in [0.25, 0.3) is 0 Å². The fourth-order valence-electron chi connectivity index (χ4n) is 4.64. The topological polar surface area (TPSA) is 186 Å². The number of nitrogens with one attached hydrogen (secondary N) is 4. The molecule has 0 aliphatic carbocycles. The number of aryl methyl sites for hydroxylation is 1. The first-order valence-corrected chi connectivity index (χ1v) is 11.6. The van der Waals surface area contributed by atoms with Crippen LogP contribution in [0.5, 0.6) is 0 Å². The smallest absolute Gasteiger partial charge is 0.303 e. The van der Waals surface area contributed by atoms with Gasteiger partial charge in [-0.2, -0.15) is 0 Å². The number of aromatic amines is 1. The number of anilines is 1. The number of aromatic nitrogens is 3. The molecular formula is C23H27N7O6. The van der Waals surface area contributed by atoms with E-state index in [9.17, 15) is 24.0 Å². The fourth-order valence-corrected chi connectivity index (χ4v) is 4.64. The van der Waals surface area contributed by atoms with Crippen LogP contribution in [0.15, 0.2) is 24.4 Å². The Morgan fingerprint density at radius 3 is 2.72 bits per heavy atom. The number of hydrogen-bond acceptors (Lipinski definition) is 7. The molecule has 3 heterocycles. The second-order valence-corrected chi connectivity index (χ2v) is 8.82. The second-order valence-electron chi connectivity index (χ2n) is 8.82. The maximum atomic E-state index is 13.7. The van der Waals surface area contributed by atoms with Gasteiger partial charge in [0.05, 0.1) is 12.2 Å². The Balaban J connectivity index is 1.54. The van der Waals surface area contributed by atoms with Gasteiger partial charge in [0.15, 0.2) is 0 Å². The second kappa shape index (κ2) is 10.5. The number of amides is 4. The van der Waals surface area contributed by atoms with E-state index in [1.807, 2.05) is 18.2 Å². The van der Waals surface area contributed by atoms with Crippen molar-refractivity contribution >= 4 is 35.3 Å². The summed E-state index contributed by atoms with van der Waals surface area (Å²) in [5, 5.41) is 26.9. The Morgan fingerprint density at radius 2 is 2.03 bits per heavy atom. The van der Waals surface area contributed by atoms with Gasteiger partial charge in [-0.05, 0) is 30.4 Å². The number of para-hydroxylation sites is 1. The summed E-state index contributed by atoms with van der Waals surface area (Å²) < 4.78 is 0. The number of carboxylic acid groups (broad SMARTS) is 1. The van der Waals surface area contributed by atoms with E-state index in [0.29, 0.717) is 24.2 Å². The normalized spacial score (nSPS) is 19.1. The van der Waals surface area contributed by atoms with Gasteiger partial charge >= 0.3 is 5.97 Å². The number of rotatable bonds is 9. The highest BCUT2D eigenvalue weighted by atomic mass is 16.4. The highest BCUT2D eigenvalue weighted by Gasteiger charge is 2.44. The van der Waals surface area contributed by atoms with Crippen molar-refractivity contribution in [3.05, 3.63) is 41.2 Å². The van der Waals surface area contributed by atoms with Gasteiger partial charge in [0.2, 0.25) is 23.6 Å². The predicted molar refractivity (Wildman–Crippen MR) is 124 cm³/mol. The Labute approximate surface area is 206 Å². The first kappa shape index (κ1) is 24.8. The average molecular weight is 498 g/mol. The summed E-state index contributed by atoms with van der Waals surface area (Å²) in [6.45, 7) is 1.36. The molecule has 13 heteroatoms. The van der Waals surface area contributed by atoms with Crippen molar-refractivity contribution in [2.75, 3.05) is 4.90 Å². The van der Waals surface area contributed by atoms with Gasteiger partial charge in [-0.3, -0.25) is 34.0 Å². The van der Waals surface area contributed by atoms with Gasteiger partial charge in [-0.25, -0.2) is 0 Å². The molecule has 13 nitrogen and oxygen atoms in total. The van der Waals surface area contributed by atoms with E-state index < -0.39 is 41.8 Å². The molecule has 0 unspecified atom stereocenters. The summed E-state index contributed by atoms with van der Waals surface area (Å²) in [5.74, 6) is -3.05. The zero-order valence-corrected chi connectivity index (χ0v) is 19.6. The minimum Gasteiger partial charge on any atom is -0.481 e. The molecular weight excluding hydrogens is 470 g/mol. The summed E-state index contributed by atoms with van der Waals surface area (Å²) in [7, 11) is 0. The van der Waals surface area contributed by atoms with Gasteiger partial charge in [0.1, 0.15) is 23.8 Å². The molecule has 2 aliphatic heterocycles. The molecule has 0 fully saturated rings. The van der Waals surface area contributed by atoms with Crippen molar-refractivity contribution in [1.82, 2.24) is 31.4 Å². The van der Waals surface area contributed by atoms with E-state index in [4.69, 9.17) is 5.11 Å². The zero-order valence-electron chi connectivity index (χ0n) is 19.6. The molecule has 0 bridgehead atoms. The molecule has 2 aliphatic rings. The van der Waals surface area contributed by atoms with Crippen LogP contribution in [0.4, 0.5) is 5.69 Å². The van der Waals surface area contributed by atoms with E-state index in [1.54, 1.807) is 6.20 Å². The van der Waals surface area contributed by atoms with Crippen LogP contribution >= 0.6 is 0 Å². The lowest BCUT2D eigenvalue weighted by Gasteiger charge is -2.28. The molecule has 5 N–H and O–H groups in total. The third-order valence-electron chi connectivity index (χ3n) is 6.28. The molecule has 36 heavy (non-hydrogen) atoms. The molecule has 1 aromatic carbocycles. The summed E-state index contributed by atoms with van der Waals surface area (Å²) >= 11 is 0. The largest absolute Gasteiger partial charge is 0.481 e. The van der Waals surface area contributed by atoms with Crippen molar-refractivity contribution in [2.45, 2.75) is 63.7 Å². The van der Waals surface area contributed by atoms with Crippen LogP contribution < -0.4 is 20.9 Å². The zero-order chi connectivity index (χ0) is 25.8. The third kappa shape index (κ3) is 5.34. The first-order chi connectivity index (χ1) is 17.2. The highest BCUT2D eigenvalue weighted by Crippen LogP contribution is 2.39. The average Bonchev–Trinajstić information content (AvgIpc) is 3.47. The maximum Gasteiger partial charge on any atom is 0.303 e. The van der Waals surface area contributed by atoms with Crippen molar-refractivity contribution in [2.24, 2.45) is 0 Å². The number of benzene rings is 1. The van der Waals surface area contributed by atoms with Crippen LogP contribution in [-0.4, -0.2) is 68.2 Å². The Kier molecular flexibility index (Phi) is 7.27. The molecule has 4 rings (SSSR count). The van der Waals surface area contributed by atoms with E-state index in [0.717, 1.165) is 11.1 Å². The molecule has 0 radical (unpaired) electrons. The lowest BCUT2D eigenvalue weighted by atomic mass is 10.0. The standard InChI is InChI=1S/C23H27N7O6/c1-12(31)26-16(7-8-19(32)33)21(34)27-17-6-5-13-3-2-4-14-9-18(30(20(13)14)23(17)36)22(35)24-10-15-11-25-29-28-15/h2-4,11,16-18H,5-10H2,1H3,(H,24,35)(H,26,31)(H,27,34)(H,32,33)(H,25,28,29)/t16-,17-,18-/m0/s1. The Bertz CT molecular complexity index is 1180. The molecule has 3 atom stereocenters. The Hall–Kier alpha value is -4.29. The number of aliphatic carboxylic acids is 1. The van der Waals surface area contributed by atoms with Gasteiger partial charge in [-0.15, -0.1) is 5.10 Å². The van der Waals surface area contributed by atoms with Gasteiger partial charge in [0.25, 0.3) is 0 Å². The third-order valence-corrected chi connectivity index (χ3v) is 6.28. The van der Waals surface area contributed by atoms with Crippen LogP contribution in [0.3, 0.4) is 0 Å². The summed E-state index contributed by atoms with van der Waals surface area (Å²) in [5.41, 5.74) is 2.99. The number of carboxylic acids is 1. The minimum atomic E-state index is -1.11. The minimum absolute atomic E-state index is 0.122. The molecule has 1 aromatic heterocycles. The monoisotopic (exact) mass is 497 g/mol. The highest BCUT2D eigenvalue weighted by molar-refractivity contribution is 6.08. The van der Waals surface area contributed by atoms with E-state index >= 15 is 0 Å². The molecule has 4 amide bonds. The van der Waals surface area contributed by atoms with Crippen LogP contribution in [-0.2, 0) is 43.4 Å². The molecule has 2 aromatic rings. The number of H-pyrrole nitrogens is 1. The maximum absolute atomic E-state index is 13.7. The van der Waals surface area contributed by atoms with Crippen LogP contribution in [0.2, 0.25) is 0 Å². The summed E-state index contributed by atoms with van der Waals surface area (Å²) in [6, 6.07) is 2.78. The van der Waals surface area contributed by atoms with Crippen LogP contribution in [0.1, 0.15) is 43.0 Å². The van der Waals surface area contributed by atoms with Gasteiger partial charge in [0, 0.05) is 26.0 Å². The van der Waals surface area contributed by atoms with E-state index in [1.165, 1.54) is 11.8 Å². The molecule has 0 spiro atoms. The van der Waals surface area contributed by atoms with E-state index in [-0.39, 0.29) is 31.7 Å². The number of carbonyl (C=O) groups excluding carboxylic acids is 4. The quantitative estimate of drug-likeness (QED) is 0.297. The van der Waals surface area contributed by atoms with Crippen LogP contribution in [0, 0.1) is 0 Å². The van der Waals surface area contributed by atoms with Crippen molar-refractivity contribution in [3.63, 3.8) is 0 Å².